The summed E-state index contributed by atoms with van der Waals surface area (Å²) in [4.78, 5) is 0. The number of allylic oxidation sites excluding steroid dienone is 2. The van der Waals surface area contributed by atoms with Crippen LogP contribution >= 0.6 is 0 Å². The first-order chi connectivity index (χ1) is 5.90. The molecule has 13 heavy (non-hydrogen) atoms. The molecule has 0 amide bonds. The fourth-order valence-electron chi connectivity index (χ4n) is 0.762. The van der Waals surface area contributed by atoms with Gasteiger partial charge in [0.1, 0.15) is 11.8 Å². The van der Waals surface area contributed by atoms with Gasteiger partial charge in [0, 0.05) is 0 Å². The second-order valence-corrected chi connectivity index (χ2v) is 8.07. The molecule has 0 bridgehead atoms. The van der Waals surface area contributed by atoms with E-state index in [0.717, 1.165) is 0 Å². The van der Waals surface area contributed by atoms with E-state index >= 15 is 0 Å². The largest absolute Gasteiger partial charge is 0.535 e. The fraction of sp³-hybridized carbons (Fsp3) is 0.667. The Hall–Kier alpha value is -0.953. The van der Waals surface area contributed by atoms with Crippen molar-refractivity contribution in [1.82, 2.24) is 0 Å². The number of rotatable bonds is 4. The van der Waals surface area contributed by atoms with Gasteiger partial charge < -0.3 is 9.16 Å². The molecular formula is C9H17NO2Si. The van der Waals surface area contributed by atoms with Gasteiger partial charge in [0.2, 0.25) is 14.1 Å². The average Bonchev–Trinajstić information content (AvgIpc) is 1.99. The van der Waals surface area contributed by atoms with Crippen molar-refractivity contribution < 1.29 is 9.16 Å². The summed E-state index contributed by atoms with van der Waals surface area (Å²) in [6.07, 6.45) is 0. The minimum absolute atomic E-state index is 0.320. The second kappa shape index (κ2) is 4.93. The first-order valence-corrected chi connectivity index (χ1v) is 7.74. The fourth-order valence-corrected chi connectivity index (χ4v) is 1.56. The summed E-state index contributed by atoms with van der Waals surface area (Å²) in [7, 11) is -1.69. The smallest absolute Gasteiger partial charge is 0.243 e. The lowest BCUT2D eigenvalue weighted by atomic mass is 10.4. The standard InChI is InChI=1S/C9H17NO2Si/c1-6-11-8(2)9(7-10)12-13(3,4)5/h6H2,1-5H3. The molecule has 0 atom stereocenters. The summed E-state index contributed by atoms with van der Waals surface area (Å²) in [5, 5.41) is 8.80. The third-order valence-electron chi connectivity index (χ3n) is 1.19. The molecule has 0 N–H and O–H groups in total. The van der Waals surface area contributed by atoms with Gasteiger partial charge in [0.05, 0.1) is 6.61 Å². The Balaban J connectivity index is 4.53. The maximum atomic E-state index is 8.80. The van der Waals surface area contributed by atoms with Crippen LogP contribution in [0.4, 0.5) is 0 Å². The van der Waals surface area contributed by atoms with Gasteiger partial charge in [-0.1, -0.05) is 0 Å². The molecule has 0 fully saturated rings. The van der Waals surface area contributed by atoms with Gasteiger partial charge in [0.25, 0.3) is 0 Å². The van der Waals surface area contributed by atoms with Crippen LogP contribution in [0, 0.1) is 11.3 Å². The first kappa shape index (κ1) is 12.0. The lowest BCUT2D eigenvalue weighted by molar-refractivity contribution is 0.213. The van der Waals surface area contributed by atoms with Crippen LogP contribution < -0.4 is 0 Å². The highest BCUT2D eigenvalue weighted by atomic mass is 28.4. The van der Waals surface area contributed by atoms with E-state index in [1.54, 1.807) is 6.92 Å². The number of ether oxygens (including phenoxy) is 1. The number of hydrogen-bond acceptors (Lipinski definition) is 3. The van der Waals surface area contributed by atoms with E-state index in [1.807, 2.05) is 32.6 Å². The molecule has 0 unspecified atom stereocenters. The Kier molecular flexibility index (Phi) is 4.56. The highest BCUT2D eigenvalue weighted by Crippen LogP contribution is 2.13. The van der Waals surface area contributed by atoms with Crippen LogP contribution in [0.15, 0.2) is 11.5 Å². The summed E-state index contributed by atoms with van der Waals surface area (Å²) in [6.45, 7) is 10.3. The molecule has 74 valence electrons. The van der Waals surface area contributed by atoms with Crippen molar-refractivity contribution in [3.05, 3.63) is 11.5 Å². The van der Waals surface area contributed by atoms with E-state index in [2.05, 4.69) is 0 Å². The van der Waals surface area contributed by atoms with Gasteiger partial charge >= 0.3 is 0 Å². The molecule has 4 heteroatoms. The summed E-state index contributed by atoms with van der Waals surface area (Å²) < 4.78 is 10.7. The van der Waals surface area contributed by atoms with Gasteiger partial charge in [-0.3, -0.25) is 0 Å². The van der Waals surface area contributed by atoms with Crippen molar-refractivity contribution in [3.8, 4) is 6.07 Å². The lowest BCUT2D eigenvalue weighted by Gasteiger charge is -2.19. The Bertz CT molecular complexity index is 235. The Morgan fingerprint density at radius 1 is 1.38 bits per heavy atom. The SMILES string of the molecule is CCOC(C)=C(C#N)O[Si](C)(C)C. The second-order valence-electron chi connectivity index (χ2n) is 3.64. The third-order valence-corrected chi connectivity index (χ3v) is 2.01. The maximum absolute atomic E-state index is 8.80. The number of nitrogens with zero attached hydrogens (tertiary/aromatic N) is 1. The van der Waals surface area contributed by atoms with Crippen molar-refractivity contribution in [1.29, 1.82) is 5.26 Å². The van der Waals surface area contributed by atoms with Crippen molar-refractivity contribution in [2.45, 2.75) is 33.5 Å². The highest BCUT2D eigenvalue weighted by molar-refractivity contribution is 6.70. The van der Waals surface area contributed by atoms with Crippen LogP contribution in [0.5, 0.6) is 0 Å². The summed E-state index contributed by atoms with van der Waals surface area (Å²) in [5.74, 6) is 0.897. The first-order valence-electron chi connectivity index (χ1n) is 4.33. The Morgan fingerprint density at radius 3 is 2.23 bits per heavy atom. The molecule has 0 aliphatic rings. The molecule has 0 aliphatic heterocycles. The van der Waals surface area contributed by atoms with Gasteiger partial charge in [-0.25, -0.2) is 0 Å². The van der Waals surface area contributed by atoms with Crippen LogP contribution in [0.1, 0.15) is 13.8 Å². The molecular weight excluding hydrogens is 182 g/mol. The Labute approximate surface area is 81.1 Å². The molecule has 0 rings (SSSR count). The lowest BCUT2D eigenvalue weighted by Crippen LogP contribution is -2.25. The van der Waals surface area contributed by atoms with Crippen molar-refractivity contribution in [2.75, 3.05) is 6.61 Å². The van der Waals surface area contributed by atoms with Crippen LogP contribution in [0.25, 0.3) is 0 Å². The molecule has 0 spiro atoms. The van der Waals surface area contributed by atoms with Crippen molar-refractivity contribution in [3.63, 3.8) is 0 Å². The number of nitriles is 1. The summed E-state index contributed by atoms with van der Waals surface area (Å²) in [5.41, 5.74) is 0. The minimum Gasteiger partial charge on any atom is -0.535 e. The predicted octanol–water partition coefficient (Wildman–Crippen LogP) is 2.63. The number of hydrogen-bond donors (Lipinski definition) is 0. The van der Waals surface area contributed by atoms with Crippen LogP contribution in [-0.2, 0) is 9.16 Å². The van der Waals surface area contributed by atoms with Crippen LogP contribution in [0.3, 0.4) is 0 Å². The molecule has 0 saturated carbocycles. The predicted molar refractivity (Wildman–Crippen MR) is 54.4 cm³/mol. The molecule has 0 aromatic carbocycles. The van der Waals surface area contributed by atoms with Crippen LogP contribution in [-0.4, -0.2) is 14.9 Å². The van der Waals surface area contributed by atoms with E-state index in [0.29, 0.717) is 18.1 Å². The Morgan fingerprint density at radius 2 is 1.92 bits per heavy atom. The van der Waals surface area contributed by atoms with E-state index < -0.39 is 8.32 Å². The molecule has 0 aromatic heterocycles. The highest BCUT2D eigenvalue weighted by Gasteiger charge is 2.19. The van der Waals surface area contributed by atoms with Gasteiger partial charge in [-0.05, 0) is 33.5 Å². The zero-order valence-corrected chi connectivity index (χ0v) is 9.97. The van der Waals surface area contributed by atoms with E-state index in [4.69, 9.17) is 14.4 Å². The van der Waals surface area contributed by atoms with Crippen LogP contribution in [0.2, 0.25) is 19.6 Å². The normalized spacial score (nSPS) is 12.9. The molecule has 3 nitrogen and oxygen atoms in total. The van der Waals surface area contributed by atoms with Crippen molar-refractivity contribution >= 4 is 8.32 Å². The summed E-state index contributed by atoms with van der Waals surface area (Å²) >= 11 is 0. The van der Waals surface area contributed by atoms with Gasteiger partial charge in [0.15, 0.2) is 0 Å². The molecule has 0 aliphatic carbocycles. The molecule has 0 aromatic rings. The van der Waals surface area contributed by atoms with Crippen molar-refractivity contribution in [2.24, 2.45) is 0 Å². The quantitative estimate of drug-likeness (QED) is 0.397. The van der Waals surface area contributed by atoms with E-state index in [-0.39, 0.29) is 0 Å². The van der Waals surface area contributed by atoms with E-state index in [9.17, 15) is 0 Å². The minimum atomic E-state index is -1.69. The maximum Gasteiger partial charge on any atom is 0.243 e. The zero-order chi connectivity index (χ0) is 10.5. The zero-order valence-electron chi connectivity index (χ0n) is 8.97. The third kappa shape index (κ3) is 5.31. The average molecular weight is 199 g/mol. The summed E-state index contributed by atoms with van der Waals surface area (Å²) in [6, 6.07) is 2.01. The molecule has 0 heterocycles. The van der Waals surface area contributed by atoms with E-state index in [1.165, 1.54) is 0 Å². The van der Waals surface area contributed by atoms with Gasteiger partial charge in [-0.2, -0.15) is 5.26 Å². The molecule has 0 radical (unpaired) electrons. The topological polar surface area (TPSA) is 42.2 Å². The molecule has 0 saturated heterocycles. The van der Waals surface area contributed by atoms with Gasteiger partial charge in [-0.15, -0.1) is 0 Å². The monoisotopic (exact) mass is 199 g/mol.